The molecule has 4 saturated carbocycles. The van der Waals surface area contributed by atoms with Gasteiger partial charge in [-0.05, 0) is 55.9 Å². The van der Waals surface area contributed by atoms with Crippen LogP contribution < -0.4 is 17.0 Å². The van der Waals surface area contributed by atoms with Crippen LogP contribution in [-0.4, -0.2) is 37.8 Å². The Hall–Kier alpha value is -0.800. The molecule has 0 aliphatic heterocycles. The van der Waals surface area contributed by atoms with Gasteiger partial charge < -0.3 is 26.2 Å². The number of hydrogen-bond acceptors (Lipinski definition) is 1. The monoisotopic (exact) mass is 391 g/mol. The van der Waals surface area contributed by atoms with Gasteiger partial charge in [0.15, 0.2) is 0 Å². The number of halogens is 1. The third-order valence-electron chi connectivity index (χ3n) is 6.95. The van der Waals surface area contributed by atoms with Crippen molar-refractivity contribution in [3.05, 3.63) is 41.5 Å². The van der Waals surface area contributed by atoms with Crippen LogP contribution in [0.1, 0.15) is 32.3 Å². The Morgan fingerprint density at radius 2 is 1.71 bits per heavy atom. The van der Waals surface area contributed by atoms with Gasteiger partial charge in [0.25, 0.3) is 0 Å². The summed E-state index contributed by atoms with van der Waals surface area (Å²) in [6, 6.07) is 10.8. The number of likely N-dealkylation sites (N-methyl/N-ethyl adjacent to an activating group) is 1. The molecule has 5 rings (SSSR count). The lowest BCUT2D eigenvalue weighted by molar-refractivity contribution is -0.906. The van der Waals surface area contributed by atoms with E-state index < -0.39 is 0 Å². The summed E-state index contributed by atoms with van der Waals surface area (Å²) in [6.45, 7) is 8.83. The minimum Gasteiger partial charge on any atom is -1.00 e. The second-order valence-electron chi connectivity index (χ2n) is 8.00. The van der Waals surface area contributed by atoms with Crippen LogP contribution in [0.25, 0.3) is 5.76 Å². The molecule has 0 amide bonds. The van der Waals surface area contributed by atoms with Crippen molar-refractivity contribution in [1.82, 2.24) is 0 Å². The van der Waals surface area contributed by atoms with E-state index in [1.54, 1.807) is 5.57 Å². The van der Waals surface area contributed by atoms with Crippen molar-refractivity contribution in [2.75, 3.05) is 33.3 Å². The highest BCUT2D eigenvalue weighted by Gasteiger charge is 2.66. The topological polar surface area (TPSA) is 9.23 Å². The van der Waals surface area contributed by atoms with Crippen LogP contribution in [0, 0.1) is 23.7 Å². The van der Waals surface area contributed by atoms with Crippen LogP contribution in [0.15, 0.2) is 35.9 Å². The molecule has 2 nitrogen and oxygen atoms in total. The Morgan fingerprint density at radius 1 is 1.08 bits per heavy atom. The maximum Gasteiger partial charge on any atom is 0.137 e. The molecule has 4 fully saturated rings. The van der Waals surface area contributed by atoms with Crippen molar-refractivity contribution in [1.29, 1.82) is 0 Å². The predicted molar refractivity (Wildman–Crippen MR) is 94.6 cm³/mol. The summed E-state index contributed by atoms with van der Waals surface area (Å²) in [5.74, 6) is 4.94. The standard InChI is InChI=1S/C21H30NO.BrH/c1-4-22(3,5-2)11-12-23-21(15-9-7-6-8-10-15)19-16-13-17-18(14-16)20(17)19;/h6-10,16-18,20H,4-5,11-14H2,1-3H3;1H/q+1;/p-1/b21-19+;. The number of hydrogen-bond donors (Lipinski definition) is 0. The molecule has 1 aromatic carbocycles. The molecule has 4 aliphatic rings. The average molecular weight is 392 g/mol. The highest BCUT2D eigenvalue weighted by atomic mass is 79.9. The maximum absolute atomic E-state index is 6.47. The van der Waals surface area contributed by atoms with E-state index in [0.29, 0.717) is 0 Å². The van der Waals surface area contributed by atoms with Crippen LogP contribution >= 0.6 is 0 Å². The van der Waals surface area contributed by atoms with Crippen molar-refractivity contribution in [3.8, 4) is 0 Å². The number of rotatable bonds is 7. The summed E-state index contributed by atoms with van der Waals surface area (Å²) >= 11 is 0. The molecule has 0 N–H and O–H groups in total. The predicted octanol–water partition coefficient (Wildman–Crippen LogP) is 1.19. The molecule has 0 radical (unpaired) electrons. The lowest BCUT2D eigenvalue weighted by atomic mass is 10.0. The molecule has 0 aromatic heterocycles. The fourth-order valence-corrected chi connectivity index (χ4v) is 5.00. The van der Waals surface area contributed by atoms with E-state index in [-0.39, 0.29) is 17.0 Å². The summed E-state index contributed by atoms with van der Waals surface area (Å²) < 4.78 is 7.56. The fraction of sp³-hybridized carbons (Fsp3) is 0.619. The lowest BCUT2D eigenvalue weighted by Crippen LogP contribution is -3.00. The number of ether oxygens (including phenoxy) is 1. The van der Waals surface area contributed by atoms with Crippen LogP contribution in [-0.2, 0) is 4.74 Å². The van der Waals surface area contributed by atoms with Gasteiger partial charge in [-0.25, -0.2) is 0 Å². The van der Waals surface area contributed by atoms with Crippen molar-refractivity contribution in [2.45, 2.75) is 26.7 Å². The SMILES string of the molecule is CC[N+](C)(CC)CCO/C(=C1\C2CC3C(C2)C13)c1ccccc1.[Br-]. The van der Waals surface area contributed by atoms with Gasteiger partial charge in [0.2, 0.25) is 0 Å². The van der Waals surface area contributed by atoms with E-state index in [4.69, 9.17) is 4.74 Å². The zero-order valence-electron chi connectivity index (χ0n) is 15.2. The summed E-state index contributed by atoms with van der Waals surface area (Å²) in [5, 5.41) is 0. The van der Waals surface area contributed by atoms with Gasteiger partial charge in [-0.15, -0.1) is 0 Å². The smallest absolute Gasteiger partial charge is 0.137 e. The number of quaternary nitrogens is 1. The van der Waals surface area contributed by atoms with Crippen LogP contribution in [0.4, 0.5) is 0 Å². The molecule has 132 valence electrons. The van der Waals surface area contributed by atoms with E-state index in [1.807, 2.05) is 0 Å². The molecular weight excluding hydrogens is 362 g/mol. The van der Waals surface area contributed by atoms with Crippen LogP contribution in [0.2, 0.25) is 0 Å². The van der Waals surface area contributed by atoms with Gasteiger partial charge in [0.1, 0.15) is 18.9 Å². The third kappa shape index (κ3) is 2.94. The Morgan fingerprint density at radius 3 is 2.21 bits per heavy atom. The number of nitrogens with zero attached hydrogens (tertiary/aromatic N) is 1. The maximum atomic E-state index is 6.47. The Kier molecular flexibility index (Phi) is 5.13. The summed E-state index contributed by atoms with van der Waals surface area (Å²) in [6.07, 6.45) is 2.87. The largest absolute Gasteiger partial charge is 1.00 e. The van der Waals surface area contributed by atoms with Crippen molar-refractivity contribution in [2.24, 2.45) is 23.7 Å². The molecule has 24 heavy (non-hydrogen) atoms. The molecule has 4 aliphatic carbocycles. The first kappa shape index (κ1) is 18.0. The highest BCUT2D eigenvalue weighted by Crippen LogP contribution is 2.74. The molecule has 2 unspecified atom stereocenters. The van der Waals surface area contributed by atoms with E-state index in [2.05, 4.69) is 51.2 Å². The average Bonchev–Trinajstić information content (AvgIpc) is 2.96. The van der Waals surface area contributed by atoms with Crippen LogP contribution in [0.5, 0.6) is 0 Å². The third-order valence-corrected chi connectivity index (χ3v) is 6.95. The molecule has 3 heteroatoms. The first-order chi connectivity index (χ1) is 11.2. The molecule has 1 aromatic rings. The summed E-state index contributed by atoms with van der Waals surface area (Å²) in [4.78, 5) is 0. The summed E-state index contributed by atoms with van der Waals surface area (Å²) in [7, 11) is 2.34. The van der Waals surface area contributed by atoms with Gasteiger partial charge in [-0.3, -0.25) is 0 Å². The van der Waals surface area contributed by atoms with Gasteiger partial charge in [0, 0.05) is 5.56 Å². The van der Waals surface area contributed by atoms with E-state index in [0.717, 1.165) is 41.3 Å². The molecule has 0 saturated heterocycles. The Bertz CT molecular complexity index is 592. The first-order valence-electron chi connectivity index (χ1n) is 9.42. The second kappa shape index (κ2) is 6.84. The van der Waals surface area contributed by atoms with Gasteiger partial charge >= 0.3 is 0 Å². The minimum absolute atomic E-state index is 0. The van der Waals surface area contributed by atoms with E-state index >= 15 is 0 Å². The normalized spacial score (nSPS) is 31.6. The Balaban J connectivity index is 0.00000169. The van der Waals surface area contributed by atoms with E-state index in [9.17, 15) is 0 Å². The first-order valence-corrected chi connectivity index (χ1v) is 9.42. The molecular formula is C21H30BrNO. The molecule has 2 atom stereocenters. The fourth-order valence-electron chi connectivity index (χ4n) is 5.00. The van der Waals surface area contributed by atoms with Crippen molar-refractivity contribution < 1.29 is 26.2 Å². The van der Waals surface area contributed by atoms with Gasteiger partial charge in [0.05, 0.1) is 20.1 Å². The lowest BCUT2D eigenvalue weighted by Gasteiger charge is -2.32. The molecule has 0 spiro atoms. The highest BCUT2D eigenvalue weighted by molar-refractivity contribution is 5.67. The van der Waals surface area contributed by atoms with Crippen LogP contribution in [0.3, 0.4) is 0 Å². The van der Waals surface area contributed by atoms with Gasteiger partial charge in [-0.1, -0.05) is 30.3 Å². The van der Waals surface area contributed by atoms with Gasteiger partial charge in [-0.2, -0.15) is 0 Å². The van der Waals surface area contributed by atoms with Crippen molar-refractivity contribution >= 4 is 5.76 Å². The Labute approximate surface area is 157 Å². The minimum atomic E-state index is 0. The second-order valence-corrected chi connectivity index (χ2v) is 8.00. The molecule has 4 bridgehead atoms. The zero-order chi connectivity index (χ0) is 16.0. The van der Waals surface area contributed by atoms with E-state index in [1.165, 1.54) is 37.3 Å². The summed E-state index contributed by atoms with van der Waals surface area (Å²) in [5.41, 5.74) is 2.97. The molecule has 0 heterocycles. The quantitative estimate of drug-likeness (QED) is 0.501. The number of allylic oxidation sites excluding steroid dienone is 1. The zero-order valence-corrected chi connectivity index (χ0v) is 16.8. The number of benzene rings is 1. The van der Waals surface area contributed by atoms with Crippen molar-refractivity contribution in [3.63, 3.8) is 0 Å².